The first-order valence-electron chi connectivity index (χ1n) is 6.66. The van der Waals surface area contributed by atoms with Crippen molar-refractivity contribution in [1.82, 2.24) is 10.2 Å². The Morgan fingerprint density at radius 2 is 2.05 bits per heavy atom. The standard InChI is InChI=1S/C15H17N3O2/c1-11(19)17-14-5-7-18(8-6-14)15(20)13-4-2-3-12(9-13)10-16/h2-4,9,14H,5-8H2,1H3,(H,17,19). The van der Waals surface area contributed by atoms with Crippen molar-refractivity contribution in [2.45, 2.75) is 25.8 Å². The van der Waals surface area contributed by atoms with Gasteiger partial charge in [-0.25, -0.2) is 0 Å². The molecule has 1 heterocycles. The van der Waals surface area contributed by atoms with Crippen molar-refractivity contribution in [3.63, 3.8) is 0 Å². The van der Waals surface area contributed by atoms with Gasteiger partial charge in [0.1, 0.15) is 0 Å². The van der Waals surface area contributed by atoms with Gasteiger partial charge in [-0.15, -0.1) is 0 Å². The van der Waals surface area contributed by atoms with Crippen LogP contribution in [0.15, 0.2) is 24.3 Å². The summed E-state index contributed by atoms with van der Waals surface area (Å²) in [6.45, 7) is 2.76. The van der Waals surface area contributed by atoms with Crippen LogP contribution in [-0.2, 0) is 4.79 Å². The molecule has 5 nitrogen and oxygen atoms in total. The van der Waals surface area contributed by atoms with Crippen LogP contribution in [0.2, 0.25) is 0 Å². The molecule has 5 heteroatoms. The molecule has 0 unspecified atom stereocenters. The van der Waals surface area contributed by atoms with Gasteiger partial charge in [0.25, 0.3) is 5.91 Å². The van der Waals surface area contributed by atoms with Crippen LogP contribution in [0.4, 0.5) is 0 Å². The van der Waals surface area contributed by atoms with E-state index in [-0.39, 0.29) is 17.9 Å². The van der Waals surface area contributed by atoms with Gasteiger partial charge in [0.15, 0.2) is 0 Å². The molecule has 1 aliphatic rings. The summed E-state index contributed by atoms with van der Waals surface area (Å²) in [4.78, 5) is 25.1. The molecule has 2 rings (SSSR count). The topological polar surface area (TPSA) is 73.2 Å². The number of nitriles is 1. The molecule has 0 aromatic heterocycles. The van der Waals surface area contributed by atoms with Crippen LogP contribution >= 0.6 is 0 Å². The first kappa shape index (κ1) is 14.1. The third-order valence-electron chi connectivity index (χ3n) is 3.43. The molecule has 1 aliphatic heterocycles. The number of benzene rings is 1. The molecular weight excluding hydrogens is 254 g/mol. The van der Waals surface area contributed by atoms with Crippen LogP contribution in [0.1, 0.15) is 35.7 Å². The van der Waals surface area contributed by atoms with Crippen LogP contribution < -0.4 is 5.32 Å². The molecule has 1 fully saturated rings. The second-order valence-electron chi connectivity index (χ2n) is 4.96. The van der Waals surface area contributed by atoms with E-state index in [4.69, 9.17) is 5.26 Å². The Kier molecular flexibility index (Phi) is 4.36. The quantitative estimate of drug-likeness (QED) is 0.881. The maximum absolute atomic E-state index is 12.3. The van der Waals surface area contributed by atoms with E-state index in [0.717, 1.165) is 12.8 Å². The third kappa shape index (κ3) is 3.35. The fourth-order valence-corrected chi connectivity index (χ4v) is 2.42. The van der Waals surface area contributed by atoms with Crippen LogP contribution in [0.25, 0.3) is 0 Å². The van der Waals surface area contributed by atoms with Gasteiger partial charge in [-0.05, 0) is 31.0 Å². The zero-order valence-corrected chi connectivity index (χ0v) is 11.4. The molecule has 1 saturated heterocycles. The minimum absolute atomic E-state index is 0.0310. The van der Waals surface area contributed by atoms with Gasteiger partial charge in [0, 0.05) is 31.6 Å². The SMILES string of the molecule is CC(=O)NC1CCN(C(=O)c2cccc(C#N)c2)CC1. The molecule has 2 amide bonds. The number of hydrogen-bond donors (Lipinski definition) is 1. The van der Waals surface area contributed by atoms with Gasteiger partial charge < -0.3 is 10.2 Å². The minimum atomic E-state index is -0.0524. The average molecular weight is 271 g/mol. The van der Waals surface area contributed by atoms with E-state index < -0.39 is 0 Å². The number of hydrogen-bond acceptors (Lipinski definition) is 3. The van der Waals surface area contributed by atoms with Gasteiger partial charge in [-0.2, -0.15) is 5.26 Å². The number of likely N-dealkylation sites (tertiary alicyclic amines) is 1. The highest BCUT2D eigenvalue weighted by molar-refractivity contribution is 5.94. The first-order valence-corrected chi connectivity index (χ1v) is 6.66. The number of piperidine rings is 1. The maximum atomic E-state index is 12.3. The Balaban J connectivity index is 1.98. The molecule has 0 bridgehead atoms. The smallest absolute Gasteiger partial charge is 0.253 e. The highest BCUT2D eigenvalue weighted by Crippen LogP contribution is 2.15. The monoisotopic (exact) mass is 271 g/mol. The van der Waals surface area contributed by atoms with E-state index in [9.17, 15) is 9.59 Å². The zero-order valence-electron chi connectivity index (χ0n) is 11.4. The van der Waals surface area contributed by atoms with E-state index in [1.54, 1.807) is 29.2 Å². The van der Waals surface area contributed by atoms with E-state index in [1.165, 1.54) is 6.92 Å². The zero-order chi connectivity index (χ0) is 14.5. The van der Waals surface area contributed by atoms with E-state index >= 15 is 0 Å². The highest BCUT2D eigenvalue weighted by Gasteiger charge is 2.23. The van der Waals surface area contributed by atoms with Crippen LogP contribution in [0, 0.1) is 11.3 Å². The molecule has 0 aliphatic carbocycles. The predicted octanol–water partition coefficient (Wildman–Crippen LogP) is 1.30. The summed E-state index contributed by atoms with van der Waals surface area (Å²) in [5.41, 5.74) is 1.03. The molecule has 104 valence electrons. The van der Waals surface area contributed by atoms with Crippen molar-refractivity contribution < 1.29 is 9.59 Å². The van der Waals surface area contributed by atoms with Crippen molar-refractivity contribution in [2.75, 3.05) is 13.1 Å². The number of nitrogens with zero attached hydrogens (tertiary/aromatic N) is 2. The van der Waals surface area contributed by atoms with Crippen LogP contribution in [0.5, 0.6) is 0 Å². The summed E-state index contributed by atoms with van der Waals surface area (Å²) in [6, 6.07) is 8.93. The molecule has 0 spiro atoms. The summed E-state index contributed by atoms with van der Waals surface area (Å²) in [5.74, 6) is -0.0835. The highest BCUT2D eigenvalue weighted by atomic mass is 16.2. The lowest BCUT2D eigenvalue weighted by Gasteiger charge is -2.32. The summed E-state index contributed by atoms with van der Waals surface area (Å²) in [7, 11) is 0. The van der Waals surface area contributed by atoms with E-state index in [2.05, 4.69) is 5.32 Å². The average Bonchev–Trinajstić information content (AvgIpc) is 2.47. The number of nitrogens with one attached hydrogen (secondary N) is 1. The molecule has 0 saturated carbocycles. The fourth-order valence-electron chi connectivity index (χ4n) is 2.42. The van der Waals surface area contributed by atoms with E-state index in [1.807, 2.05) is 6.07 Å². The molecule has 1 aromatic rings. The lowest BCUT2D eigenvalue weighted by Crippen LogP contribution is -2.46. The van der Waals surface area contributed by atoms with E-state index in [0.29, 0.717) is 24.2 Å². The summed E-state index contributed by atoms with van der Waals surface area (Å²) in [5, 5.41) is 11.7. The van der Waals surface area contributed by atoms with Crippen molar-refractivity contribution in [1.29, 1.82) is 5.26 Å². The summed E-state index contributed by atoms with van der Waals surface area (Å²) in [6.07, 6.45) is 1.53. The largest absolute Gasteiger partial charge is 0.353 e. The van der Waals surface area contributed by atoms with Gasteiger partial charge in [0.05, 0.1) is 11.6 Å². The summed E-state index contributed by atoms with van der Waals surface area (Å²) < 4.78 is 0. The Morgan fingerprint density at radius 1 is 1.35 bits per heavy atom. The molecule has 0 radical (unpaired) electrons. The lowest BCUT2D eigenvalue weighted by molar-refractivity contribution is -0.119. The van der Waals surface area contributed by atoms with Gasteiger partial charge in [-0.3, -0.25) is 9.59 Å². The molecule has 20 heavy (non-hydrogen) atoms. The van der Waals surface area contributed by atoms with Crippen molar-refractivity contribution in [3.8, 4) is 6.07 Å². The second kappa shape index (κ2) is 6.20. The predicted molar refractivity (Wildman–Crippen MR) is 73.9 cm³/mol. The van der Waals surface area contributed by atoms with Crippen molar-refractivity contribution >= 4 is 11.8 Å². The number of carbonyl (C=O) groups excluding carboxylic acids is 2. The third-order valence-corrected chi connectivity index (χ3v) is 3.43. The Hall–Kier alpha value is -2.35. The Morgan fingerprint density at radius 3 is 2.65 bits per heavy atom. The van der Waals surface area contributed by atoms with Gasteiger partial charge in [0.2, 0.25) is 5.91 Å². The molecule has 1 aromatic carbocycles. The number of carbonyl (C=O) groups is 2. The van der Waals surface area contributed by atoms with Crippen LogP contribution in [0.3, 0.4) is 0 Å². The Labute approximate surface area is 118 Å². The fraction of sp³-hybridized carbons (Fsp3) is 0.400. The number of rotatable bonds is 2. The van der Waals surface area contributed by atoms with Crippen molar-refractivity contribution in [3.05, 3.63) is 35.4 Å². The summed E-state index contributed by atoms with van der Waals surface area (Å²) >= 11 is 0. The Bertz CT molecular complexity index is 554. The van der Waals surface area contributed by atoms with Gasteiger partial charge >= 0.3 is 0 Å². The molecular formula is C15H17N3O2. The van der Waals surface area contributed by atoms with Gasteiger partial charge in [-0.1, -0.05) is 6.07 Å². The molecule has 1 N–H and O–H groups in total. The minimum Gasteiger partial charge on any atom is -0.353 e. The second-order valence-corrected chi connectivity index (χ2v) is 4.96. The normalized spacial score (nSPS) is 15.5. The lowest BCUT2D eigenvalue weighted by atomic mass is 10.0. The van der Waals surface area contributed by atoms with Crippen molar-refractivity contribution in [2.24, 2.45) is 0 Å². The maximum Gasteiger partial charge on any atom is 0.253 e. The molecule has 0 atom stereocenters. The first-order chi connectivity index (χ1) is 9.60. The number of amides is 2. The van der Waals surface area contributed by atoms with Crippen LogP contribution in [-0.4, -0.2) is 35.8 Å².